The van der Waals surface area contributed by atoms with E-state index in [2.05, 4.69) is 35.2 Å². The van der Waals surface area contributed by atoms with Gasteiger partial charge < -0.3 is 9.84 Å². The molecule has 0 bridgehead atoms. The van der Waals surface area contributed by atoms with Crippen LogP contribution in [0.2, 0.25) is 19.6 Å². The average molecular weight is 481 g/mol. The van der Waals surface area contributed by atoms with Crippen molar-refractivity contribution in [1.82, 2.24) is 20.3 Å². The first kappa shape index (κ1) is 23.4. The molecule has 2 aromatic carbocycles. The second-order valence-electron chi connectivity index (χ2n) is 9.28. The number of benzene rings is 2. The molecule has 176 valence electrons. The highest BCUT2D eigenvalue weighted by molar-refractivity contribution is 6.88. The van der Waals surface area contributed by atoms with E-state index >= 15 is 0 Å². The van der Waals surface area contributed by atoms with Crippen LogP contribution in [0.25, 0.3) is 10.9 Å². The molecule has 2 N–H and O–H groups in total. The fourth-order valence-corrected chi connectivity index (χ4v) is 5.26. The van der Waals surface area contributed by atoms with Gasteiger partial charge in [-0.05, 0) is 34.5 Å². The molecule has 0 radical (unpaired) electrons. The molecule has 10 heteroatoms. The number of fused-ring (bicyclic) bond motifs is 1. The molecule has 0 saturated heterocycles. The summed E-state index contributed by atoms with van der Waals surface area (Å²) in [5, 5.41) is 10.4. The van der Waals surface area contributed by atoms with Gasteiger partial charge in [0.25, 0.3) is 11.5 Å². The highest BCUT2D eigenvalue weighted by Gasteiger charge is 2.27. The lowest BCUT2D eigenvalue weighted by atomic mass is 9.96. The van der Waals surface area contributed by atoms with Gasteiger partial charge in [0.05, 0.1) is 25.9 Å². The molecule has 0 aliphatic carbocycles. The highest BCUT2D eigenvalue weighted by Crippen LogP contribution is 2.23. The molecule has 0 aliphatic rings. The molecule has 8 nitrogen and oxygen atoms in total. The lowest BCUT2D eigenvalue weighted by molar-refractivity contribution is -0.120. The number of H-pyrrole nitrogens is 1. The minimum Gasteiger partial charge on any atom is -0.373 e. The smallest absolute Gasteiger partial charge is 0.290 e. The molecule has 0 spiro atoms. The molecule has 4 aromatic rings. The number of rotatable bonds is 7. The molecule has 2 heterocycles. The number of Topliss-reactive ketones (excluding diaryl/α,β-unsaturated/α-hetero) is 1. The predicted molar refractivity (Wildman–Crippen MR) is 128 cm³/mol. The second-order valence-corrected chi connectivity index (χ2v) is 14.3. The SMILES string of the molecule is Cn1ncc2cc(C(NC(=O)c3cc(=O)[nH]o3)C(=O)Cc3ccc([Si](C)(C)C)c(F)c3)ccc21. The van der Waals surface area contributed by atoms with Crippen LogP contribution in [-0.2, 0) is 18.3 Å². The molecule has 1 amide bonds. The summed E-state index contributed by atoms with van der Waals surface area (Å²) < 4.78 is 21.3. The number of hydrogen-bond donors (Lipinski definition) is 2. The monoisotopic (exact) mass is 480 g/mol. The van der Waals surface area contributed by atoms with Gasteiger partial charge in [-0.15, -0.1) is 0 Å². The maximum absolute atomic E-state index is 14.7. The molecule has 34 heavy (non-hydrogen) atoms. The standard InChI is InChI=1S/C24H25FN4O4Si/c1-29-18-7-6-15(11-16(18)13-26-29)23(27-24(32)20-12-22(31)28-33-20)19(30)10-14-5-8-21(17(25)9-14)34(2,3)4/h5-9,11-13,23H,10H2,1-4H3,(H,27,32)(H,28,31). The Hall–Kier alpha value is -3.79. The van der Waals surface area contributed by atoms with Crippen molar-refractivity contribution in [2.45, 2.75) is 32.1 Å². The van der Waals surface area contributed by atoms with Crippen LogP contribution >= 0.6 is 0 Å². The topological polar surface area (TPSA) is 110 Å². The molecule has 1 atom stereocenters. The number of aromatic nitrogens is 3. The fraction of sp³-hybridized carbons (Fsp3) is 0.250. The van der Waals surface area contributed by atoms with Crippen LogP contribution in [0.15, 0.2) is 58.0 Å². The van der Waals surface area contributed by atoms with Crippen LogP contribution in [0.4, 0.5) is 4.39 Å². The Morgan fingerprint density at radius 1 is 1.18 bits per heavy atom. The van der Waals surface area contributed by atoms with Crippen LogP contribution in [0.5, 0.6) is 0 Å². The Kier molecular flexibility index (Phi) is 6.09. The van der Waals surface area contributed by atoms with Crippen LogP contribution in [0.3, 0.4) is 0 Å². The predicted octanol–water partition coefficient (Wildman–Crippen LogP) is 2.82. The zero-order chi connectivity index (χ0) is 24.6. The molecule has 1 unspecified atom stereocenters. The van der Waals surface area contributed by atoms with Gasteiger partial charge in [0.2, 0.25) is 5.76 Å². The van der Waals surface area contributed by atoms with Crippen LogP contribution in [0, 0.1) is 5.82 Å². The third-order valence-corrected chi connectivity index (χ3v) is 7.69. The Morgan fingerprint density at radius 2 is 1.94 bits per heavy atom. The van der Waals surface area contributed by atoms with E-state index in [1.54, 1.807) is 42.2 Å². The number of aromatic amines is 1. The first-order valence-corrected chi connectivity index (χ1v) is 14.3. The number of aryl methyl sites for hydroxylation is 1. The number of nitrogens with zero attached hydrogens (tertiary/aromatic N) is 2. The summed E-state index contributed by atoms with van der Waals surface area (Å²) in [6.45, 7) is 6.15. The molecule has 4 rings (SSSR count). The van der Waals surface area contributed by atoms with Gasteiger partial charge >= 0.3 is 0 Å². The van der Waals surface area contributed by atoms with E-state index in [1.807, 2.05) is 6.07 Å². The number of carbonyl (C=O) groups excluding carboxylic acids is 2. The number of carbonyl (C=O) groups is 2. The summed E-state index contributed by atoms with van der Waals surface area (Å²) in [4.78, 5) is 37.4. The molecule has 2 aromatic heterocycles. The number of ketones is 1. The Balaban J connectivity index is 1.66. The van der Waals surface area contributed by atoms with Gasteiger partial charge in [-0.2, -0.15) is 10.3 Å². The van der Waals surface area contributed by atoms with Crippen LogP contribution in [-0.4, -0.2) is 34.7 Å². The minimum atomic E-state index is -1.86. The van der Waals surface area contributed by atoms with E-state index in [9.17, 15) is 18.8 Å². The number of halogens is 1. The van der Waals surface area contributed by atoms with Gasteiger partial charge in [0.15, 0.2) is 5.78 Å². The van der Waals surface area contributed by atoms with Gasteiger partial charge in [-0.25, -0.2) is 4.39 Å². The van der Waals surface area contributed by atoms with E-state index in [-0.39, 0.29) is 23.8 Å². The van der Waals surface area contributed by atoms with Gasteiger partial charge in [0, 0.05) is 18.9 Å². The summed E-state index contributed by atoms with van der Waals surface area (Å²) in [5.41, 5.74) is 1.35. The van der Waals surface area contributed by atoms with Crippen molar-refractivity contribution in [3.05, 3.63) is 81.7 Å². The fourth-order valence-electron chi connectivity index (χ4n) is 3.89. The first-order chi connectivity index (χ1) is 16.0. The van der Waals surface area contributed by atoms with E-state index in [4.69, 9.17) is 4.52 Å². The van der Waals surface area contributed by atoms with E-state index in [0.717, 1.165) is 17.0 Å². The minimum absolute atomic E-state index is 0.0873. The number of amides is 1. The van der Waals surface area contributed by atoms with Crippen molar-refractivity contribution >= 4 is 35.9 Å². The molecule has 0 fully saturated rings. The maximum atomic E-state index is 14.7. The summed E-state index contributed by atoms with van der Waals surface area (Å²) >= 11 is 0. The van der Waals surface area contributed by atoms with Crippen LogP contribution < -0.4 is 16.1 Å². The van der Waals surface area contributed by atoms with Crippen molar-refractivity contribution < 1.29 is 18.5 Å². The van der Waals surface area contributed by atoms with Crippen molar-refractivity contribution in [2.24, 2.45) is 7.05 Å². The van der Waals surface area contributed by atoms with Gasteiger partial charge in [-0.3, -0.25) is 19.1 Å². The summed E-state index contributed by atoms with van der Waals surface area (Å²) in [7, 11) is -0.0558. The third-order valence-electron chi connectivity index (χ3n) is 5.67. The molecular formula is C24H25FN4O4Si. The Morgan fingerprint density at radius 3 is 2.59 bits per heavy atom. The summed E-state index contributed by atoms with van der Waals surface area (Å²) in [6, 6.07) is 10.2. The largest absolute Gasteiger partial charge is 0.373 e. The lowest BCUT2D eigenvalue weighted by Gasteiger charge is -2.20. The maximum Gasteiger partial charge on any atom is 0.290 e. The van der Waals surface area contributed by atoms with E-state index in [0.29, 0.717) is 16.3 Å². The summed E-state index contributed by atoms with van der Waals surface area (Å²) in [5.74, 6) is -1.62. The van der Waals surface area contributed by atoms with Crippen molar-refractivity contribution in [1.29, 1.82) is 0 Å². The van der Waals surface area contributed by atoms with Gasteiger partial charge in [-0.1, -0.05) is 37.8 Å². The quantitative estimate of drug-likeness (QED) is 0.395. The number of hydrogen-bond acceptors (Lipinski definition) is 5. The summed E-state index contributed by atoms with van der Waals surface area (Å²) in [6.07, 6.45) is 1.58. The van der Waals surface area contributed by atoms with Gasteiger partial charge in [0.1, 0.15) is 11.9 Å². The average Bonchev–Trinajstić information content (AvgIpc) is 3.36. The van der Waals surface area contributed by atoms with Crippen molar-refractivity contribution in [3.8, 4) is 0 Å². The van der Waals surface area contributed by atoms with E-state index in [1.165, 1.54) is 6.07 Å². The zero-order valence-corrected chi connectivity index (χ0v) is 20.3. The normalized spacial score (nSPS) is 12.6. The second kappa shape index (κ2) is 8.86. The number of nitrogens with one attached hydrogen (secondary N) is 2. The molecule has 0 aliphatic heterocycles. The van der Waals surface area contributed by atoms with Crippen molar-refractivity contribution in [2.75, 3.05) is 0 Å². The third kappa shape index (κ3) is 4.76. The zero-order valence-electron chi connectivity index (χ0n) is 19.3. The Bertz CT molecular complexity index is 1450. The lowest BCUT2D eigenvalue weighted by Crippen LogP contribution is -2.40. The van der Waals surface area contributed by atoms with Crippen LogP contribution in [0.1, 0.15) is 27.7 Å². The first-order valence-electron chi connectivity index (χ1n) is 10.8. The Labute approximate surface area is 195 Å². The molecule has 0 saturated carbocycles. The van der Waals surface area contributed by atoms with E-state index < -0.39 is 25.6 Å². The van der Waals surface area contributed by atoms with Crippen molar-refractivity contribution in [3.63, 3.8) is 0 Å². The highest BCUT2D eigenvalue weighted by atomic mass is 28.3. The molecular weight excluding hydrogens is 455 g/mol.